The van der Waals surface area contributed by atoms with Gasteiger partial charge in [-0.15, -0.1) is 4.91 Å². The SMILES string of the molecule is O=Nc1ccc(COc2ccccc2C(=O)Nc2cccnc2)cc1. The van der Waals surface area contributed by atoms with Crippen molar-refractivity contribution in [3.05, 3.63) is 89.1 Å². The van der Waals surface area contributed by atoms with Gasteiger partial charge in [-0.2, -0.15) is 0 Å². The van der Waals surface area contributed by atoms with Gasteiger partial charge in [0.25, 0.3) is 5.91 Å². The Labute approximate surface area is 144 Å². The molecule has 0 saturated heterocycles. The van der Waals surface area contributed by atoms with Gasteiger partial charge in [0, 0.05) is 6.20 Å². The number of ether oxygens (including phenoxy) is 1. The monoisotopic (exact) mass is 333 g/mol. The van der Waals surface area contributed by atoms with Crippen molar-refractivity contribution >= 4 is 17.3 Å². The number of anilines is 1. The highest BCUT2D eigenvalue weighted by Crippen LogP contribution is 2.21. The highest BCUT2D eigenvalue weighted by molar-refractivity contribution is 6.06. The molecule has 2 aromatic carbocycles. The molecule has 0 unspecified atom stereocenters. The van der Waals surface area contributed by atoms with Gasteiger partial charge in [-0.05, 0) is 47.1 Å². The first-order chi connectivity index (χ1) is 12.3. The molecule has 6 heteroatoms. The molecule has 0 fully saturated rings. The largest absolute Gasteiger partial charge is 0.488 e. The van der Waals surface area contributed by atoms with Crippen molar-refractivity contribution in [3.8, 4) is 5.75 Å². The van der Waals surface area contributed by atoms with Gasteiger partial charge >= 0.3 is 0 Å². The summed E-state index contributed by atoms with van der Waals surface area (Å²) < 4.78 is 5.77. The lowest BCUT2D eigenvalue weighted by Crippen LogP contribution is -2.13. The highest BCUT2D eigenvalue weighted by atomic mass is 16.5. The van der Waals surface area contributed by atoms with E-state index in [0.717, 1.165) is 5.56 Å². The number of hydrogen-bond donors (Lipinski definition) is 1. The van der Waals surface area contributed by atoms with Crippen LogP contribution in [0.15, 0.2) is 78.2 Å². The van der Waals surface area contributed by atoms with E-state index in [2.05, 4.69) is 15.5 Å². The lowest BCUT2D eigenvalue weighted by atomic mass is 10.1. The van der Waals surface area contributed by atoms with E-state index < -0.39 is 0 Å². The molecule has 1 heterocycles. The molecule has 0 saturated carbocycles. The number of pyridine rings is 1. The van der Waals surface area contributed by atoms with Crippen molar-refractivity contribution in [1.29, 1.82) is 0 Å². The number of amides is 1. The Hall–Kier alpha value is -3.54. The Balaban J connectivity index is 1.71. The predicted molar refractivity (Wildman–Crippen MR) is 94.9 cm³/mol. The summed E-state index contributed by atoms with van der Waals surface area (Å²) in [5, 5.41) is 5.64. The second-order valence-corrected chi connectivity index (χ2v) is 5.24. The van der Waals surface area contributed by atoms with Crippen molar-refractivity contribution in [3.63, 3.8) is 0 Å². The van der Waals surface area contributed by atoms with Crippen molar-refractivity contribution in [1.82, 2.24) is 4.98 Å². The Morgan fingerprint density at radius 2 is 1.84 bits per heavy atom. The Morgan fingerprint density at radius 1 is 1.04 bits per heavy atom. The minimum atomic E-state index is -0.274. The molecule has 1 N–H and O–H groups in total. The standard InChI is InChI=1S/C19H15N3O3/c23-19(21-16-4-3-11-20-12-16)17-5-1-2-6-18(17)25-13-14-7-9-15(22-24)10-8-14/h1-12H,13H2,(H,21,23). The quantitative estimate of drug-likeness (QED) is 0.682. The number of aromatic nitrogens is 1. The molecule has 0 radical (unpaired) electrons. The minimum Gasteiger partial charge on any atom is -0.488 e. The molecule has 1 aromatic heterocycles. The molecule has 124 valence electrons. The Morgan fingerprint density at radius 3 is 2.56 bits per heavy atom. The third kappa shape index (κ3) is 4.26. The fourth-order valence-electron chi connectivity index (χ4n) is 2.23. The zero-order valence-electron chi connectivity index (χ0n) is 13.3. The number of carbonyl (C=O) groups is 1. The summed E-state index contributed by atoms with van der Waals surface area (Å²) in [7, 11) is 0. The van der Waals surface area contributed by atoms with Crippen molar-refractivity contribution in [2.24, 2.45) is 5.18 Å². The van der Waals surface area contributed by atoms with Gasteiger partial charge in [0.05, 0.1) is 17.4 Å². The summed E-state index contributed by atoms with van der Waals surface area (Å²) >= 11 is 0. The maximum absolute atomic E-state index is 12.5. The first-order valence-corrected chi connectivity index (χ1v) is 7.62. The van der Waals surface area contributed by atoms with E-state index >= 15 is 0 Å². The number of rotatable bonds is 6. The summed E-state index contributed by atoms with van der Waals surface area (Å²) in [5.41, 5.74) is 2.27. The number of nitrogens with one attached hydrogen (secondary N) is 1. The topological polar surface area (TPSA) is 80.6 Å². The van der Waals surface area contributed by atoms with Gasteiger partial charge < -0.3 is 10.1 Å². The number of nitrogens with zero attached hydrogens (tertiary/aromatic N) is 2. The highest BCUT2D eigenvalue weighted by Gasteiger charge is 2.12. The maximum Gasteiger partial charge on any atom is 0.259 e. The van der Waals surface area contributed by atoms with Crippen molar-refractivity contribution in [2.75, 3.05) is 5.32 Å². The number of benzene rings is 2. The molecule has 1 amide bonds. The van der Waals surface area contributed by atoms with Crippen LogP contribution in [0.1, 0.15) is 15.9 Å². The van der Waals surface area contributed by atoms with Crippen LogP contribution >= 0.6 is 0 Å². The van der Waals surface area contributed by atoms with E-state index in [1.807, 2.05) is 0 Å². The van der Waals surface area contributed by atoms with Crippen LogP contribution in [0.3, 0.4) is 0 Å². The lowest BCUT2D eigenvalue weighted by molar-refractivity contribution is 0.102. The normalized spacial score (nSPS) is 10.1. The fraction of sp³-hybridized carbons (Fsp3) is 0.0526. The van der Waals surface area contributed by atoms with E-state index in [1.54, 1.807) is 73.1 Å². The Kier molecular flexibility index (Phi) is 5.11. The second kappa shape index (κ2) is 7.83. The molecular weight excluding hydrogens is 318 g/mol. The molecule has 0 aliphatic carbocycles. The summed E-state index contributed by atoms with van der Waals surface area (Å²) in [5.74, 6) is 0.200. The third-order valence-electron chi connectivity index (χ3n) is 3.49. The first-order valence-electron chi connectivity index (χ1n) is 7.62. The van der Waals surface area contributed by atoms with Crippen molar-refractivity contribution in [2.45, 2.75) is 6.61 Å². The van der Waals surface area contributed by atoms with Gasteiger partial charge in [-0.3, -0.25) is 9.78 Å². The molecular formula is C19H15N3O3. The van der Waals surface area contributed by atoms with Gasteiger partial charge in [-0.1, -0.05) is 24.3 Å². The first kappa shape index (κ1) is 16.3. The number of carbonyl (C=O) groups excluding carboxylic acids is 1. The lowest BCUT2D eigenvalue weighted by Gasteiger charge is -2.11. The average molecular weight is 333 g/mol. The third-order valence-corrected chi connectivity index (χ3v) is 3.49. The van der Waals surface area contributed by atoms with E-state index in [0.29, 0.717) is 22.7 Å². The molecule has 0 atom stereocenters. The molecule has 0 bridgehead atoms. The van der Waals surface area contributed by atoms with E-state index in [-0.39, 0.29) is 12.5 Å². The molecule has 25 heavy (non-hydrogen) atoms. The molecule has 0 spiro atoms. The minimum absolute atomic E-state index is 0.274. The van der Waals surface area contributed by atoms with Crippen LogP contribution in [0.25, 0.3) is 0 Å². The van der Waals surface area contributed by atoms with E-state index in [4.69, 9.17) is 4.74 Å². The molecule has 3 rings (SSSR count). The van der Waals surface area contributed by atoms with Crippen LogP contribution in [0.4, 0.5) is 11.4 Å². The van der Waals surface area contributed by atoms with E-state index in [1.165, 1.54) is 0 Å². The van der Waals surface area contributed by atoms with Crippen LogP contribution < -0.4 is 10.1 Å². The molecule has 6 nitrogen and oxygen atoms in total. The fourth-order valence-corrected chi connectivity index (χ4v) is 2.23. The summed E-state index contributed by atoms with van der Waals surface area (Å²) in [6, 6.07) is 17.3. The van der Waals surface area contributed by atoms with Crippen LogP contribution in [0.5, 0.6) is 5.75 Å². The maximum atomic E-state index is 12.5. The summed E-state index contributed by atoms with van der Waals surface area (Å²) in [4.78, 5) is 26.9. The molecule has 0 aliphatic rings. The van der Waals surface area contributed by atoms with Crippen LogP contribution in [-0.2, 0) is 6.61 Å². The molecule has 3 aromatic rings. The predicted octanol–water partition coefficient (Wildman–Crippen LogP) is 4.31. The zero-order valence-corrected chi connectivity index (χ0v) is 13.3. The molecule has 0 aliphatic heterocycles. The van der Waals surface area contributed by atoms with Crippen LogP contribution in [-0.4, -0.2) is 10.9 Å². The second-order valence-electron chi connectivity index (χ2n) is 5.24. The van der Waals surface area contributed by atoms with Gasteiger partial charge in [0.2, 0.25) is 0 Å². The zero-order chi connectivity index (χ0) is 17.5. The number of nitroso groups, excluding NO2 is 1. The smallest absolute Gasteiger partial charge is 0.259 e. The summed E-state index contributed by atoms with van der Waals surface area (Å²) in [6.45, 7) is 0.274. The van der Waals surface area contributed by atoms with Crippen LogP contribution in [0, 0.1) is 4.91 Å². The Bertz CT molecular complexity index is 865. The van der Waals surface area contributed by atoms with Gasteiger partial charge in [0.1, 0.15) is 18.0 Å². The van der Waals surface area contributed by atoms with Crippen LogP contribution in [0.2, 0.25) is 0 Å². The number of para-hydroxylation sites is 1. The number of hydrogen-bond acceptors (Lipinski definition) is 5. The van der Waals surface area contributed by atoms with Gasteiger partial charge in [0.15, 0.2) is 0 Å². The van der Waals surface area contributed by atoms with Gasteiger partial charge in [-0.25, -0.2) is 0 Å². The average Bonchev–Trinajstić information content (AvgIpc) is 2.68. The van der Waals surface area contributed by atoms with E-state index in [9.17, 15) is 9.70 Å². The van der Waals surface area contributed by atoms with Crippen molar-refractivity contribution < 1.29 is 9.53 Å². The summed E-state index contributed by atoms with van der Waals surface area (Å²) in [6.07, 6.45) is 3.21.